The maximum Gasteiger partial charge on any atom is 0.257 e. The van der Waals surface area contributed by atoms with Crippen molar-refractivity contribution < 1.29 is 4.79 Å². The number of nitrogens with zero attached hydrogens (tertiary/aromatic N) is 1. The molecule has 5 nitrogen and oxygen atoms in total. The number of aromatic amines is 1. The molecule has 4 N–H and O–H groups in total. The Labute approximate surface area is 99.0 Å². The largest absolute Gasteiger partial charge is 0.382 e. The summed E-state index contributed by atoms with van der Waals surface area (Å²) in [6.07, 6.45) is 0. The second-order valence-electron chi connectivity index (χ2n) is 3.78. The van der Waals surface area contributed by atoms with Crippen LogP contribution < -0.4 is 11.1 Å². The van der Waals surface area contributed by atoms with Gasteiger partial charge in [0.25, 0.3) is 5.91 Å². The normalized spacial score (nSPS) is 10.2. The summed E-state index contributed by atoms with van der Waals surface area (Å²) >= 11 is 0. The van der Waals surface area contributed by atoms with Crippen molar-refractivity contribution in [3.05, 3.63) is 47.2 Å². The highest BCUT2D eigenvalue weighted by Crippen LogP contribution is 2.11. The number of H-pyrrole nitrogens is 1. The summed E-state index contributed by atoms with van der Waals surface area (Å²) in [4.78, 5) is 11.9. The second-order valence-corrected chi connectivity index (χ2v) is 3.78. The van der Waals surface area contributed by atoms with Gasteiger partial charge in [0, 0.05) is 12.2 Å². The van der Waals surface area contributed by atoms with E-state index in [9.17, 15) is 4.79 Å². The first-order chi connectivity index (χ1) is 8.18. The van der Waals surface area contributed by atoms with Gasteiger partial charge < -0.3 is 11.1 Å². The predicted molar refractivity (Wildman–Crippen MR) is 65.3 cm³/mol. The van der Waals surface area contributed by atoms with Gasteiger partial charge in [-0.25, -0.2) is 0 Å². The molecule has 1 heterocycles. The molecule has 0 fully saturated rings. The molecule has 88 valence electrons. The lowest BCUT2D eigenvalue weighted by molar-refractivity contribution is 0.0951. The zero-order valence-corrected chi connectivity index (χ0v) is 9.53. The molecule has 1 amide bonds. The predicted octanol–water partition coefficient (Wildman–Crippen LogP) is 1.23. The zero-order chi connectivity index (χ0) is 12.3. The van der Waals surface area contributed by atoms with Crippen LogP contribution in [0.4, 0.5) is 5.82 Å². The average molecular weight is 230 g/mol. The van der Waals surface area contributed by atoms with Gasteiger partial charge >= 0.3 is 0 Å². The van der Waals surface area contributed by atoms with E-state index in [1.807, 2.05) is 30.3 Å². The van der Waals surface area contributed by atoms with Crippen LogP contribution in [0.3, 0.4) is 0 Å². The van der Waals surface area contributed by atoms with Crippen molar-refractivity contribution in [3.63, 3.8) is 0 Å². The Balaban J connectivity index is 2.04. The van der Waals surface area contributed by atoms with Crippen LogP contribution in [-0.4, -0.2) is 16.1 Å². The molecule has 17 heavy (non-hydrogen) atoms. The van der Waals surface area contributed by atoms with Gasteiger partial charge in [0.05, 0.1) is 0 Å². The lowest BCUT2D eigenvalue weighted by Crippen LogP contribution is -2.24. The standard InChI is InChI=1S/C12H14N4O/c1-8-10(11(13)16-15-8)12(17)14-7-9-5-3-2-4-6-9/h2-6H,7H2,1H3,(H,14,17)(H3,13,15,16). The van der Waals surface area contributed by atoms with E-state index in [4.69, 9.17) is 5.73 Å². The Bertz CT molecular complexity index is 499. The summed E-state index contributed by atoms with van der Waals surface area (Å²) in [5, 5.41) is 9.27. The highest BCUT2D eigenvalue weighted by molar-refractivity contribution is 5.99. The van der Waals surface area contributed by atoms with Crippen molar-refractivity contribution in [1.29, 1.82) is 0 Å². The molecule has 0 spiro atoms. The van der Waals surface area contributed by atoms with E-state index in [1.54, 1.807) is 6.92 Å². The lowest BCUT2D eigenvalue weighted by Gasteiger charge is -2.05. The first-order valence-electron chi connectivity index (χ1n) is 5.31. The number of anilines is 1. The molecule has 0 bridgehead atoms. The fourth-order valence-electron chi connectivity index (χ4n) is 1.60. The monoisotopic (exact) mass is 230 g/mol. The maximum atomic E-state index is 11.9. The van der Waals surface area contributed by atoms with Crippen molar-refractivity contribution in [1.82, 2.24) is 15.5 Å². The van der Waals surface area contributed by atoms with Gasteiger partial charge in [0.15, 0.2) is 5.82 Å². The smallest absolute Gasteiger partial charge is 0.257 e. The number of benzene rings is 1. The Morgan fingerprint density at radius 3 is 2.71 bits per heavy atom. The molecule has 0 saturated carbocycles. The van der Waals surface area contributed by atoms with Gasteiger partial charge in [-0.2, -0.15) is 5.10 Å². The summed E-state index contributed by atoms with van der Waals surface area (Å²) in [7, 11) is 0. The van der Waals surface area contributed by atoms with Crippen LogP contribution in [0.15, 0.2) is 30.3 Å². The van der Waals surface area contributed by atoms with Gasteiger partial charge in [-0.15, -0.1) is 0 Å². The average Bonchev–Trinajstić information content (AvgIpc) is 2.67. The minimum absolute atomic E-state index is 0.211. The molecule has 0 aliphatic carbocycles. The fourth-order valence-corrected chi connectivity index (χ4v) is 1.60. The van der Waals surface area contributed by atoms with E-state index in [0.29, 0.717) is 17.8 Å². The van der Waals surface area contributed by atoms with Crippen LogP contribution in [0.25, 0.3) is 0 Å². The Kier molecular flexibility index (Phi) is 3.09. The van der Waals surface area contributed by atoms with Gasteiger partial charge in [-0.1, -0.05) is 30.3 Å². The number of nitrogens with two attached hydrogens (primary N) is 1. The molecular formula is C12H14N4O. The summed E-state index contributed by atoms with van der Waals surface area (Å²) in [5.74, 6) is 0.0191. The van der Waals surface area contributed by atoms with E-state index in [2.05, 4.69) is 15.5 Å². The Hall–Kier alpha value is -2.30. The third-order valence-corrected chi connectivity index (χ3v) is 2.50. The number of aryl methyl sites for hydroxylation is 1. The van der Waals surface area contributed by atoms with Crippen LogP contribution >= 0.6 is 0 Å². The fraction of sp³-hybridized carbons (Fsp3) is 0.167. The van der Waals surface area contributed by atoms with Crippen LogP contribution in [0.5, 0.6) is 0 Å². The highest BCUT2D eigenvalue weighted by Gasteiger charge is 2.15. The number of nitrogens with one attached hydrogen (secondary N) is 2. The minimum atomic E-state index is -0.211. The van der Waals surface area contributed by atoms with Crippen LogP contribution in [0.2, 0.25) is 0 Å². The second kappa shape index (κ2) is 4.69. The number of nitrogen functional groups attached to an aromatic ring is 1. The first kappa shape index (κ1) is 11.2. The number of hydrogen-bond acceptors (Lipinski definition) is 3. The zero-order valence-electron chi connectivity index (χ0n) is 9.53. The third kappa shape index (κ3) is 2.44. The molecule has 0 aliphatic rings. The number of carbonyl (C=O) groups is 1. The third-order valence-electron chi connectivity index (χ3n) is 2.50. The summed E-state index contributed by atoms with van der Waals surface area (Å²) in [6, 6.07) is 9.69. The van der Waals surface area contributed by atoms with Gasteiger partial charge in [0.1, 0.15) is 5.56 Å². The Morgan fingerprint density at radius 2 is 2.12 bits per heavy atom. The molecule has 2 rings (SSSR count). The van der Waals surface area contributed by atoms with Crippen LogP contribution in [0, 0.1) is 6.92 Å². The molecule has 2 aromatic rings. The van der Waals surface area contributed by atoms with Crippen molar-refractivity contribution >= 4 is 11.7 Å². The molecular weight excluding hydrogens is 216 g/mol. The van der Waals surface area contributed by atoms with E-state index in [1.165, 1.54) is 0 Å². The highest BCUT2D eigenvalue weighted by atomic mass is 16.1. The van der Waals surface area contributed by atoms with E-state index < -0.39 is 0 Å². The van der Waals surface area contributed by atoms with Gasteiger partial charge in [-0.3, -0.25) is 9.89 Å². The molecule has 0 radical (unpaired) electrons. The lowest BCUT2D eigenvalue weighted by atomic mass is 10.2. The quantitative estimate of drug-likeness (QED) is 0.741. The number of rotatable bonds is 3. The number of hydrogen-bond donors (Lipinski definition) is 3. The molecule has 0 atom stereocenters. The summed E-state index contributed by atoms with van der Waals surface area (Å²) in [6.45, 7) is 2.24. The number of aromatic nitrogens is 2. The topological polar surface area (TPSA) is 83.8 Å². The summed E-state index contributed by atoms with van der Waals surface area (Å²) < 4.78 is 0. The molecule has 0 unspecified atom stereocenters. The minimum Gasteiger partial charge on any atom is -0.382 e. The molecule has 5 heteroatoms. The van der Waals surface area contributed by atoms with Crippen molar-refractivity contribution in [2.75, 3.05) is 5.73 Å². The molecule has 0 aliphatic heterocycles. The molecule has 1 aromatic heterocycles. The van der Waals surface area contributed by atoms with Crippen molar-refractivity contribution in [2.24, 2.45) is 0 Å². The maximum absolute atomic E-state index is 11.9. The Morgan fingerprint density at radius 1 is 1.41 bits per heavy atom. The molecule has 0 saturated heterocycles. The van der Waals surface area contributed by atoms with Crippen LogP contribution in [-0.2, 0) is 6.54 Å². The van der Waals surface area contributed by atoms with Crippen LogP contribution in [0.1, 0.15) is 21.6 Å². The van der Waals surface area contributed by atoms with Crippen molar-refractivity contribution in [3.8, 4) is 0 Å². The van der Waals surface area contributed by atoms with Gasteiger partial charge in [-0.05, 0) is 12.5 Å². The van der Waals surface area contributed by atoms with E-state index in [0.717, 1.165) is 5.56 Å². The SMILES string of the molecule is Cc1[nH]nc(N)c1C(=O)NCc1ccccc1. The van der Waals surface area contributed by atoms with Gasteiger partial charge in [0.2, 0.25) is 0 Å². The van der Waals surface area contributed by atoms with Crippen molar-refractivity contribution in [2.45, 2.75) is 13.5 Å². The number of amides is 1. The first-order valence-corrected chi connectivity index (χ1v) is 5.31. The van der Waals surface area contributed by atoms with E-state index in [-0.39, 0.29) is 11.7 Å². The summed E-state index contributed by atoms with van der Waals surface area (Å²) in [5.41, 5.74) is 7.74. The van der Waals surface area contributed by atoms with E-state index >= 15 is 0 Å². The number of carbonyl (C=O) groups excluding carboxylic acids is 1. The molecule has 1 aromatic carbocycles.